The van der Waals surface area contributed by atoms with Crippen LogP contribution in [0, 0.1) is 6.92 Å². The highest BCUT2D eigenvalue weighted by atomic mass is 32.2. The van der Waals surface area contributed by atoms with Crippen molar-refractivity contribution in [2.45, 2.75) is 31.1 Å². The lowest BCUT2D eigenvalue weighted by Gasteiger charge is -2.25. The van der Waals surface area contributed by atoms with Gasteiger partial charge in [0.05, 0.1) is 21.6 Å². The standard InChI is InChI=1S/C23H24N6O3S/c1-16-15-21(29(27-16)23-24-19-7-3-4-8-20(19)25-23)26-22(30)17-9-11-18(12-10-17)33(31,32)28-13-5-2-6-14-28/h3-4,7-12,15H,2,5-6,13-14H2,1H3,(H,24,25)(H,26,30). The minimum absolute atomic E-state index is 0.198. The number of imidazole rings is 1. The quantitative estimate of drug-likeness (QED) is 0.469. The molecule has 0 saturated carbocycles. The summed E-state index contributed by atoms with van der Waals surface area (Å²) in [5, 5.41) is 7.30. The van der Waals surface area contributed by atoms with Gasteiger partial charge in [-0.1, -0.05) is 18.6 Å². The Hall–Kier alpha value is -3.50. The maximum atomic E-state index is 12.9. The van der Waals surface area contributed by atoms with E-state index in [9.17, 15) is 13.2 Å². The van der Waals surface area contributed by atoms with E-state index in [-0.39, 0.29) is 10.8 Å². The number of nitrogens with zero attached hydrogens (tertiary/aromatic N) is 4. The molecule has 4 aromatic rings. The van der Waals surface area contributed by atoms with Crippen LogP contribution in [0.3, 0.4) is 0 Å². The molecule has 10 heteroatoms. The zero-order chi connectivity index (χ0) is 23.0. The lowest BCUT2D eigenvalue weighted by atomic mass is 10.2. The highest BCUT2D eigenvalue weighted by Crippen LogP contribution is 2.22. The van der Waals surface area contributed by atoms with E-state index in [4.69, 9.17) is 0 Å². The summed E-state index contributed by atoms with van der Waals surface area (Å²) in [4.78, 5) is 20.8. The van der Waals surface area contributed by atoms with Gasteiger partial charge in [-0.25, -0.2) is 13.4 Å². The summed E-state index contributed by atoms with van der Waals surface area (Å²) in [5.41, 5.74) is 2.73. The summed E-state index contributed by atoms with van der Waals surface area (Å²) in [6, 6.07) is 15.4. The van der Waals surface area contributed by atoms with Gasteiger partial charge in [-0.2, -0.15) is 14.1 Å². The fourth-order valence-electron chi connectivity index (χ4n) is 4.01. The molecule has 0 unspecified atom stereocenters. The summed E-state index contributed by atoms with van der Waals surface area (Å²) in [7, 11) is -3.54. The Kier molecular flexibility index (Phi) is 5.47. The van der Waals surface area contributed by atoms with Crippen LogP contribution in [0.5, 0.6) is 0 Å². The number of amides is 1. The number of benzene rings is 2. The Morgan fingerprint density at radius 1 is 1.03 bits per heavy atom. The van der Waals surface area contributed by atoms with Crippen LogP contribution in [0.25, 0.3) is 17.0 Å². The first-order valence-electron chi connectivity index (χ1n) is 10.9. The molecule has 170 valence electrons. The van der Waals surface area contributed by atoms with Crippen LogP contribution in [0.2, 0.25) is 0 Å². The average molecular weight is 465 g/mol. The number of carbonyl (C=O) groups excluding carboxylic acids is 1. The van der Waals surface area contributed by atoms with Crippen LogP contribution in [0.15, 0.2) is 59.5 Å². The molecular formula is C23H24N6O3S. The third-order valence-corrected chi connectivity index (χ3v) is 7.63. The molecular weight excluding hydrogens is 440 g/mol. The predicted molar refractivity (Wildman–Crippen MR) is 125 cm³/mol. The highest BCUT2D eigenvalue weighted by molar-refractivity contribution is 7.89. The Bertz CT molecular complexity index is 1380. The molecule has 3 heterocycles. The number of aromatic nitrogens is 4. The number of aryl methyl sites for hydroxylation is 1. The number of fused-ring (bicyclic) bond motifs is 1. The van der Waals surface area contributed by atoms with Crippen molar-refractivity contribution in [2.75, 3.05) is 18.4 Å². The first-order chi connectivity index (χ1) is 15.9. The van der Waals surface area contributed by atoms with Gasteiger partial charge in [0.15, 0.2) is 0 Å². The Morgan fingerprint density at radius 2 is 1.76 bits per heavy atom. The van der Waals surface area contributed by atoms with Crippen molar-refractivity contribution in [3.8, 4) is 5.95 Å². The van der Waals surface area contributed by atoms with Crippen molar-refractivity contribution in [3.05, 3.63) is 65.9 Å². The molecule has 0 atom stereocenters. The van der Waals surface area contributed by atoms with Gasteiger partial charge < -0.3 is 10.3 Å². The van der Waals surface area contributed by atoms with E-state index in [1.165, 1.54) is 28.6 Å². The molecule has 2 N–H and O–H groups in total. The van der Waals surface area contributed by atoms with E-state index in [0.717, 1.165) is 30.3 Å². The Morgan fingerprint density at radius 3 is 2.48 bits per heavy atom. The van der Waals surface area contributed by atoms with Gasteiger partial charge in [0.25, 0.3) is 5.91 Å². The summed E-state index contributed by atoms with van der Waals surface area (Å²) in [6.45, 7) is 2.90. The summed E-state index contributed by atoms with van der Waals surface area (Å²) < 4.78 is 28.7. The van der Waals surface area contributed by atoms with Gasteiger partial charge in [-0.3, -0.25) is 4.79 Å². The first-order valence-corrected chi connectivity index (χ1v) is 12.3. The fourth-order valence-corrected chi connectivity index (χ4v) is 5.53. The molecule has 1 aliphatic rings. The number of carbonyl (C=O) groups is 1. The second-order valence-corrected chi connectivity index (χ2v) is 10.0. The molecule has 1 fully saturated rings. The highest BCUT2D eigenvalue weighted by Gasteiger charge is 2.26. The Balaban J connectivity index is 1.37. The molecule has 0 radical (unpaired) electrons. The third kappa shape index (κ3) is 4.14. The van der Waals surface area contributed by atoms with E-state index in [1.807, 2.05) is 31.2 Å². The van der Waals surface area contributed by atoms with E-state index < -0.39 is 10.0 Å². The number of hydrogen-bond donors (Lipinski definition) is 2. The van der Waals surface area contributed by atoms with Gasteiger partial charge in [-0.05, 0) is 56.2 Å². The molecule has 33 heavy (non-hydrogen) atoms. The van der Waals surface area contributed by atoms with Crippen molar-refractivity contribution in [2.24, 2.45) is 0 Å². The zero-order valence-electron chi connectivity index (χ0n) is 18.2. The van der Waals surface area contributed by atoms with Crippen LogP contribution in [-0.2, 0) is 10.0 Å². The molecule has 9 nitrogen and oxygen atoms in total. The van der Waals surface area contributed by atoms with Crippen LogP contribution >= 0.6 is 0 Å². The van der Waals surface area contributed by atoms with E-state index >= 15 is 0 Å². The topological polar surface area (TPSA) is 113 Å². The maximum absolute atomic E-state index is 12.9. The van der Waals surface area contributed by atoms with Gasteiger partial charge in [-0.15, -0.1) is 0 Å². The second kappa shape index (κ2) is 8.45. The summed E-state index contributed by atoms with van der Waals surface area (Å²) in [6.07, 6.45) is 2.80. The zero-order valence-corrected chi connectivity index (χ0v) is 19.0. The summed E-state index contributed by atoms with van der Waals surface area (Å²) in [5.74, 6) is 0.582. The van der Waals surface area contributed by atoms with Crippen LogP contribution in [0.4, 0.5) is 5.82 Å². The van der Waals surface area contributed by atoms with Crippen molar-refractivity contribution in [1.82, 2.24) is 24.1 Å². The number of rotatable bonds is 5. The van der Waals surface area contributed by atoms with Crippen molar-refractivity contribution in [1.29, 1.82) is 0 Å². The molecule has 2 aromatic heterocycles. The molecule has 1 saturated heterocycles. The van der Waals surface area contributed by atoms with Gasteiger partial charge >= 0.3 is 0 Å². The number of anilines is 1. The lowest BCUT2D eigenvalue weighted by molar-refractivity contribution is 0.102. The van der Waals surface area contributed by atoms with E-state index in [1.54, 1.807) is 10.7 Å². The largest absolute Gasteiger partial charge is 0.322 e. The average Bonchev–Trinajstić information content (AvgIpc) is 3.42. The molecule has 5 rings (SSSR count). The smallest absolute Gasteiger partial charge is 0.256 e. The second-order valence-electron chi connectivity index (χ2n) is 8.10. The number of H-pyrrole nitrogens is 1. The van der Waals surface area contributed by atoms with Crippen LogP contribution in [-0.4, -0.2) is 51.5 Å². The van der Waals surface area contributed by atoms with Crippen LogP contribution < -0.4 is 5.32 Å². The molecule has 0 aliphatic carbocycles. The van der Waals surface area contributed by atoms with E-state index in [2.05, 4.69) is 20.4 Å². The number of para-hydroxylation sites is 2. The minimum atomic E-state index is -3.54. The van der Waals surface area contributed by atoms with Gasteiger partial charge in [0.2, 0.25) is 16.0 Å². The summed E-state index contributed by atoms with van der Waals surface area (Å²) >= 11 is 0. The number of sulfonamides is 1. The number of hydrogen-bond acceptors (Lipinski definition) is 5. The van der Waals surface area contributed by atoms with Gasteiger partial charge in [0.1, 0.15) is 5.82 Å². The predicted octanol–water partition coefficient (Wildman–Crippen LogP) is 3.48. The normalized spacial score (nSPS) is 15.1. The molecule has 0 bridgehead atoms. The molecule has 1 aliphatic heterocycles. The van der Waals surface area contributed by atoms with Crippen molar-refractivity contribution in [3.63, 3.8) is 0 Å². The van der Waals surface area contributed by atoms with Gasteiger partial charge in [0, 0.05) is 24.7 Å². The molecule has 1 amide bonds. The van der Waals surface area contributed by atoms with Crippen LogP contribution in [0.1, 0.15) is 35.3 Å². The fraction of sp³-hybridized carbons (Fsp3) is 0.261. The lowest BCUT2D eigenvalue weighted by Crippen LogP contribution is -2.35. The Labute approximate surface area is 191 Å². The minimum Gasteiger partial charge on any atom is -0.322 e. The number of piperidine rings is 1. The number of nitrogens with one attached hydrogen (secondary N) is 2. The third-order valence-electron chi connectivity index (χ3n) is 5.72. The molecule has 2 aromatic carbocycles. The van der Waals surface area contributed by atoms with Crippen molar-refractivity contribution < 1.29 is 13.2 Å². The first kappa shape index (κ1) is 21.4. The molecule has 0 spiro atoms. The maximum Gasteiger partial charge on any atom is 0.256 e. The SMILES string of the molecule is Cc1cc(NC(=O)c2ccc(S(=O)(=O)N3CCCCC3)cc2)n(-c2nc3ccccc3[nH]2)n1. The van der Waals surface area contributed by atoms with Crippen molar-refractivity contribution >= 4 is 32.8 Å². The number of aromatic amines is 1. The van der Waals surface area contributed by atoms with E-state index in [0.29, 0.717) is 36.1 Å². The monoisotopic (exact) mass is 464 g/mol.